The first kappa shape index (κ1) is 13.3. The van der Waals surface area contributed by atoms with E-state index in [1.54, 1.807) is 6.92 Å². The lowest BCUT2D eigenvalue weighted by Crippen LogP contribution is -2.14. The fourth-order valence-corrected chi connectivity index (χ4v) is 2.49. The largest absolute Gasteiger partial charge is 0.504 e. The number of rotatable bonds is 3. The van der Waals surface area contributed by atoms with Gasteiger partial charge >= 0.3 is 0 Å². The molecule has 0 saturated carbocycles. The minimum absolute atomic E-state index is 0.190. The van der Waals surface area contributed by atoms with Crippen LogP contribution >= 0.6 is 0 Å². The fourth-order valence-electron chi connectivity index (χ4n) is 1.44. The van der Waals surface area contributed by atoms with E-state index in [2.05, 4.69) is 9.71 Å². The zero-order valence-corrected chi connectivity index (χ0v) is 10.8. The van der Waals surface area contributed by atoms with Gasteiger partial charge in [-0.05, 0) is 37.3 Å². The van der Waals surface area contributed by atoms with Crippen molar-refractivity contribution in [3.8, 4) is 5.75 Å². The Hall–Kier alpha value is -2.15. The van der Waals surface area contributed by atoms with Gasteiger partial charge in [0.15, 0.2) is 11.6 Å². The molecule has 0 spiro atoms. The van der Waals surface area contributed by atoms with Gasteiger partial charge in [-0.2, -0.15) is 0 Å². The molecule has 0 bridgehead atoms. The highest BCUT2D eigenvalue weighted by Crippen LogP contribution is 2.23. The first-order valence-electron chi connectivity index (χ1n) is 5.33. The Morgan fingerprint density at radius 3 is 2.68 bits per heavy atom. The van der Waals surface area contributed by atoms with Gasteiger partial charge in [0.1, 0.15) is 5.82 Å². The summed E-state index contributed by atoms with van der Waals surface area (Å²) in [5.74, 6) is -1.15. The topological polar surface area (TPSA) is 79.3 Å². The second-order valence-corrected chi connectivity index (χ2v) is 5.57. The van der Waals surface area contributed by atoms with Gasteiger partial charge in [-0.3, -0.25) is 4.72 Å². The minimum Gasteiger partial charge on any atom is -0.504 e. The number of aromatic hydroxyl groups is 1. The standard InChI is InChI=1S/C12H11FN2O3S/c1-8-5-6-11(16)12(14-8)15-19(17,18)10-4-2-3-9(13)7-10/h2-7,16H,1H3,(H,14,15). The van der Waals surface area contributed by atoms with E-state index in [0.717, 1.165) is 12.1 Å². The molecule has 2 aromatic rings. The van der Waals surface area contributed by atoms with E-state index in [1.165, 1.54) is 24.3 Å². The van der Waals surface area contributed by atoms with Gasteiger partial charge in [0, 0.05) is 5.69 Å². The maximum atomic E-state index is 13.0. The third-order valence-corrected chi connectivity index (χ3v) is 3.69. The number of hydrogen-bond acceptors (Lipinski definition) is 4. The molecule has 0 aliphatic heterocycles. The number of nitrogens with zero attached hydrogens (tertiary/aromatic N) is 1. The number of aromatic nitrogens is 1. The molecule has 0 radical (unpaired) electrons. The molecule has 2 rings (SSSR count). The van der Waals surface area contributed by atoms with Crippen LogP contribution in [0.1, 0.15) is 5.69 Å². The van der Waals surface area contributed by atoms with Gasteiger partial charge in [-0.15, -0.1) is 0 Å². The summed E-state index contributed by atoms with van der Waals surface area (Å²) in [6.07, 6.45) is 0. The number of pyridine rings is 1. The van der Waals surface area contributed by atoms with Crippen LogP contribution in [0.4, 0.5) is 10.2 Å². The zero-order valence-electron chi connectivity index (χ0n) is 9.96. The first-order chi connectivity index (χ1) is 8.88. The predicted octanol–water partition coefficient (Wildman–Crippen LogP) is 2.04. The van der Waals surface area contributed by atoms with Crippen molar-refractivity contribution in [3.63, 3.8) is 0 Å². The molecule has 0 unspecified atom stereocenters. The Morgan fingerprint density at radius 2 is 2.00 bits per heavy atom. The molecule has 0 aliphatic rings. The summed E-state index contributed by atoms with van der Waals surface area (Å²) < 4.78 is 39.1. The summed E-state index contributed by atoms with van der Waals surface area (Å²) >= 11 is 0. The molecular weight excluding hydrogens is 271 g/mol. The molecule has 0 saturated heterocycles. The zero-order chi connectivity index (χ0) is 14.0. The molecule has 0 fully saturated rings. The van der Waals surface area contributed by atoms with E-state index < -0.39 is 15.8 Å². The Bertz CT molecular complexity index is 717. The van der Waals surface area contributed by atoms with Crippen molar-refractivity contribution < 1.29 is 17.9 Å². The summed E-state index contributed by atoms with van der Waals surface area (Å²) in [6.45, 7) is 1.65. The highest BCUT2D eigenvalue weighted by atomic mass is 32.2. The quantitative estimate of drug-likeness (QED) is 0.902. The summed E-state index contributed by atoms with van der Waals surface area (Å²) in [4.78, 5) is 3.63. The number of hydrogen-bond donors (Lipinski definition) is 2. The maximum absolute atomic E-state index is 13.0. The average Bonchev–Trinajstić information content (AvgIpc) is 2.33. The summed E-state index contributed by atoms with van der Waals surface area (Å²) in [5, 5.41) is 9.54. The van der Waals surface area contributed by atoms with Crippen molar-refractivity contribution in [2.24, 2.45) is 0 Å². The van der Waals surface area contributed by atoms with Crippen molar-refractivity contribution in [3.05, 3.63) is 47.9 Å². The number of benzene rings is 1. The Balaban J connectivity index is 2.39. The highest BCUT2D eigenvalue weighted by Gasteiger charge is 2.17. The van der Waals surface area contributed by atoms with Crippen LogP contribution in [0.15, 0.2) is 41.3 Å². The molecule has 2 N–H and O–H groups in total. The van der Waals surface area contributed by atoms with E-state index in [4.69, 9.17) is 0 Å². The van der Waals surface area contributed by atoms with Gasteiger partial charge in [0.2, 0.25) is 0 Å². The predicted molar refractivity (Wildman–Crippen MR) is 67.8 cm³/mol. The first-order valence-corrected chi connectivity index (χ1v) is 6.82. The molecule has 100 valence electrons. The smallest absolute Gasteiger partial charge is 0.263 e. The Kier molecular flexibility index (Phi) is 3.39. The fraction of sp³-hybridized carbons (Fsp3) is 0.0833. The highest BCUT2D eigenvalue weighted by molar-refractivity contribution is 7.92. The summed E-state index contributed by atoms with van der Waals surface area (Å²) in [5.41, 5.74) is 0.537. The van der Waals surface area contributed by atoms with E-state index in [-0.39, 0.29) is 16.5 Å². The Labute approximate surface area is 109 Å². The lowest BCUT2D eigenvalue weighted by molar-refractivity contribution is 0.475. The van der Waals surface area contributed by atoms with Crippen LogP contribution in [0.2, 0.25) is 0 Å². The molecule has 7 heteroatoms. The van der Waals surface area contributed by atoms with Gasteiger partial charge in [-0.25, -0.2) is 17.8 Å². The number of anilines is 1. The number of sulfonamides is 1. The Morgan fingerprint density at radius 1 is 1.26 bits per heavy atom. The monoisotopic (exact) mass is 282 g/mol. The molecule has 0 amide bonds. The summed E-state index contributed by atoms with van der Waals surface area (Å²) in [7, 11) is -3.99. The van der Waals surface area contributed by atoms with Crippen molar-refractivity contribution in [1.29, 1.82) is 0 Å². The number of nitrogens with one attached hydrogen (secondary N) is 1. The van der Waals surface area contributed by atoms with Gasteiger partial charge in [0.05, 0.1) is 4.90 Å². The van der Waals surface area contributed by atoms with Gasteiger partial charge in [-0.1, -0.05) is 6.07 Å². The lowest BCUT2D eigenvalue weighted by atomic mass is 10.3. The molecule has 0 aliphatic carbocycles. The van der Waals surface area contributed by atoms with E-state index >= 15 is 0 Å². The van der Waals surface area contributed by atoms with E-state index in [0.29, 0.717) is 5.69 Å². The molecule has 1 heterocycles. The summed E-state index contributed by atoms with van der Waals surface area (Å²) in [6, 6.07) is 7.42. The number of aryl methyl sites for hydroxylation is 1. The maximum Gasteiger partial charge on any atom is 0.263 e. The molecular formula is C12H11FN2O3S. The van der Waals surface area contributed by atoms with E-state index in [1.807, 2.05) is 0 Å². The minimum atomic E-state index is -3.99. The normalized spacial score (nSPS) is 11.3. The van der Waals surface area contributed by atoms with Crippen molar-refractivity contribution in [2.45, 2.75) is 11.8 Å². The van der Waals surface area contributed by atoms with Crippen LogP contribution in [-0.2, 0) is 10.0 Å². The SMILES string of the molecule is Cc1ccc(O)c(NS(=O)(=O)c2cccc(F)c2)n1. The van der Waals surface area contributed by atoms with Crippen LogP contribution in [0, 0.1) is 12.7 Å². The van der Waals surface area contributed by atoms with Crippen LogP contribution in [0.3, 0.4) is 0 Å². The molecule has 1 aromatic heterocycles. The molecule has 0 atom stereocenters. The number of halogens is 1. The molecule has 19 heavy (non-hydrogen) atoms. The second kappa shape index (κ2) is 4.85. The van der Waals surface area contributed by atoms with Crippen LogP contribution in [-0.4, -0.2) is 18.5 Å². The lowest BCUT2D eigenvalue weighted by Gasteiger charge is -2.09. The van der Waals surface area contributed by atoms with Crippen molar-refractivity contribution in [1.82, 2.24) is 4.98 Å². The second-order valence-electron chi connectivity index (χ2n) is 3.88. The van der Waals surface area contributed by atoms with Crippen molar-refractivity contribution in [2.75, 3.05) is 4.72 Å². The van der Waals surface area contributed by atoms with Crippen LogP contribution in [0.5, 0.6) is 5.75 Å². The van der Waals surface area contributed by atoms with Gasteiger partial charge < -0.3 is 5.11 Å². The molecule has 5 nitrogen and oxygen atoms in total. The van der Waals surface area contributed by atoms with Crippen LogP contribution < -0.4 is 4.72 Å². The average molecular weight is 282 g/mol. The van der Waals surface area contributed by atoms with Crippen molar-refractivity contribution >= 4 is 15.8 Å². The third-order valence-electron chi connectivity index (χ3n) is 2.35. The molecule has 1 aromatic carbocycles. The van der Waals surface area contributed by atoms with Gasteiger partial charge in [0.25, 0.3) is 10.0 Å². The van der Waals surface area contributed by atoms with Crippen LogP contribution in [0.25, 0.3) is 0 Å². The van der Waals surface area contributed by atoms with E-state index in [9.17, 15) is 17.9 Å². The third kappa shape index (κ3) is 3.00.